The van der Waals surface area contributed by atoms with Gasteiger partial charge in [0.2, 0.25) is 0 Å². The van der Waals surface area contributed by atoms with Crippen LogP contribution in [0.3, 0.4) is 0 Å². The van der Waals surface area contributed by atoms with Crippen LogP contribution in [-0.2, 0) is 0 Å². The Morgan fingerprint density at radius 3 is 2.45 bits per heavy atom. The lowest BCUT2D eigenvalue weighted by atomic mass is 9.96. The van der Waals surface area contributed by atoms with Crippen LogP contribution >= 0.6 is 0 Å². The summed E-state index contributed by atoms with van der Waals surface area (Å²) in [7, 11) is 0. The predicted molar refractivity (Wildman–Crippen MR) is 88.4 cm³/mol. The minimum atomic E-state index is 0.0750. The van der Waals surface area contributed by atoms with Crippen molar-refractivity contribution in [3.63, 3.8) is 0 Å². The van der Waals surface area contributed by atoms with Crippen LogP contribution in [0.5, 0.6) is 5.75 Å². The molecule has 0 aromatic heterocycles. The zero-order chi connectivity index (χ0) is 15.3. The van der Waals surface area contributed by atoms with Crippen LogP contribution in [0.4, 0.5) is 5.69 Å². The summed E-state index contributed by atoms with van der Waals surface area (Å²) in [5, 5.41) is 11.6. The van der Waals surface area contributed by atoms with Gasteiger partial charge in [-0.15, -0.1) is 0 Å². The van der Waals surface area contributed by atoms with E-state index in [-0.39, 0.29) is 11.7 Å². The monoisotopic (exact) mass is 289 g/mol. The van der Waals surface area contributed by atoms with Crippen LogP contribution in [0, 0.1) is 0 Å². The maximum absolute atomic E-state index is 12.5. The third-order valence-corrected chi connectivity index (χ3v) is 4.28. The Labute approximate surface area is 128 Å². The molecular formula is C19H15NO2. The van der Waals surface area contributed by atoms with E-state index >= 15 is 0 Å². The van der Waals surface area contributed by atoms with E-state index in [4.69, 9.17) is 0 Å². The molecule has 1 amide bonds. The molecule has 4 rings (SSSR count). The highest BCUT2D eigenvalue weighted by molar-refractivity contribution is 6.26. The molecule has 0 fully saturated rings. The van der Waals surface area contributed by atoms with Crippen molar-refractivity contribution in [3.8, 4) is 16.9 Å². The zero-order valence-corrected chi connectivity index (χ0v) is 12.2. The van der Waals surface area contributed by atoms with Gasteiger partial charge in [-0.3, -0.25) is 4.79 Å². The molecular weight excluding hydrogens is 274 g/mol. The van der Waals surface area contributed by atoms with E-state index < -0.39 is 0 Å². The Balaban J connectivity index is 2.03. The van der Waals surface area contributed by atoms with Gasteiger partial charge >= 0.3 is 0 Å². The number of carbonyl (C=O) groups is 1. The molecule has 1 heterocycles. The summed E-state index contributed by atoms with van der Waals surface area (Å²) >= 11 is 0. The maximum atomic E-state index is 12.5. The second kappa shape index (κ2) is 4.60. The number of anilines is 1. The van der Waals surface area contributed by atoms with Crippen LogP contribution in [0.25, 0.3) is 21.9 Å². The third-order valence-electron chi connectivity index (χ3n) is 4.28. The summed E-state index contributed by atoms with van der Waals surface area (Å²) in [6, 6.07) is 17.1. The summed E-state index contributed by atoms with van der Waals surface area (Å²) in [6.07, 6.45) is 0. The number of hydrogen-bond donors (Lipinski definition) is 1. The molecule has 0 spiro atoms. The van der Waals surface area contributed by atoms with Crippen molar-refractivity contribution < 1.29 is 9.90 Å². The third kappa shape index (κ3) is 1.65. The molecule has 0 radical (unpaired) electrons. The Morgan fingerprint density at radius 1 is 0.955 bits per heavy atom. The average molecular weight is 289 g/mol. The lowest BCUT2D eigenvalue weighted by Crippen LogP contribution is -2.25. The van der Waals surface area contributed by atoms with Gasteiger partial charge in [0, 0.05) is 17.5 Å². The molecule has 1 aliphatic rings. The molecule has 22 heavy (non-hydrogen) atoms. The molecule has 0 unspecified atom stereocenters. The molecule has 3 nitrogen and oxygen atoms in total. The fraction of sp³-hybridized carbons (Fsp3) is 0.105. The minimum Gasteiger partial charge on any atom is -0.508 e. The molecule has 0 saturated carbocycles. The van der Waals surface area contributed by atoms with Gasteiger partial charge in [0.15, 0.2) is 0 Å². The van der Waals surface area contributed by atoms with Crippen molar-refractivity contribution >= 4 is 22.4 Å². The number of nitrogens with zero attached hydrogens (tertiary/aromatic N) is 1. The summed E-state index contributed by atoms with van der Waals surface area (Å²) < 4.78 is 0. The van der Waals surface area contributed by atoms with E-state index in [9.17, 15) is 9.90 Å². The van der Waals surface area contributed by atoms with E-state index in [2.05, 4.69) is 12.1 Å². The van der Waals surface area contributed by atoms with Crippen molar-refractivity contribution in [1.29, 1.82) is 0 Å². The first kappa shape index (κ1) is 12.9. The van der Waals surface area contributed by atoms with Crippen LogP contribution in [0.1, 0.15) is 17.3 Å². The lowest BCUT2D eigenvalue weighted by Gasteiger charge is -2.15. The van der Waals surface area contributed by atoms with Gasteiger partial charge in [-0.2, -0.15) is 0 Å². The van der Waals surface area contributed by atoms with Crippen LogP contribution in [0.2, 0.25) is 0 Å². The Kier molecular flexibility index (Phi) is 2.70. The van der Waals surface area contributed by atoms with Crippen molar-refractivity contribution in [3.05, 3.63) is 60.2 Å². The Hall–Kier alpha value is -2.81. The predicted octanol–water partition coefficient (Wildman–Crippen LogP) is 4.19. The number of amides is 1. The standard InChI is InChI=1S/C19H15NO2/c1-2-20-17-11-10-14(12-6-8-13(21)9-7-12)15-4-3-5-16(18(15)17)19(20)22/h3-11,21H,2H2,1H3. The Bertz CT molecular complexity index is 897. The highest BCUT2D eigenvalue weighted by Crippen LogP contribution is 2.41. The van der Waals surface area contributed by atoms with E-state index in [1.54, 1.807) is 12.1 Å². The van der Waals surface area contributed by atoms with Crippen molar-refractivity contribution in [2.24, 2.45) is 0 Å². The minimum absolute atomic E-state index is 0.0750. The second-order valence-electron chi connectivity index (χ2n) is 5.46. The molecule has 3 aromatic carbocycles. The van der Waals surface area contributed by atoms with Gasteiger partial charge in [-0.05, 0) is 47.7 Å². The number of carbonyl (C=O) groups excluding carboxylic acids is 1. The molecule has 0 saturated heterocycles. The van der Waals surface area contributed by atoms with E-state index in [0.29, 0.717) is 6.54 Å². The average Bonchev–Trinajstić information content (AvgIpc) is 2.83. The van der Waals surface area contributed by atoms with Crippen LogP contribution < -0.4 is 4.90 Å². The summed E-state index contributed by atoms with van der Waals surface area (Å²) in [5.74, 6) is 0.327. The van der Waals surface area contributed by atoms with Crippen molar-refractivity contribution in [2.45, 2.75) is 6.92 Å². The largest absolute Gasteiger partial charge is 0.508 e. The number of hydrogen-bond acceptors (Lipinski definition) is 2. The Morgan fingerprint density at radius 2 is 1.73 bits per heavy atom. The zero-order valence-electron chi connectivity index (χ0n) is 12.2. The number of rotatable bonds is 2. The second-order valence-corrected chi connectivity index (χ2v) is 5.46. The van der Waals surface area contributed by atoms with E-state index in [1.807, 2.05) is 42.2 Å². The first-order chi connectivity index (χ1) is 10.7. The fourth-order valence-corrected chi connectivity index (χ4v) is 3.25. The van der Waals surface area contributed by atoms with Crippen LogP contribution in [-0.4, -0.2) is 17.6 Å². The first-order valence-electron chi connectivity index (χ1n) is 7.37. The number of aromatic hydroxyl groups is 1. The van der Waals surface area contributed by atoms with Crippen molar-refractivity contribution in [2.75, 3.05) is 11.4 Å². The smallest absolute Gasteiger partial charge is 0.258 e. The highest BCUT2D eigenvalue weighted by atomic mass is 16.3. The topological polar surface area (TPSA) is 40.5 Å². The molecule has 3 heteroatoms. The lowest BCUT2D eigenvalue weighted by molar-refractivity contribution is 0.0994. The number of phenolic OH excluding ortho intramolecular Hbond substituents is 1. The summed E-state index contributed by atoms with van der Waals surface area (Å²) in [4.78, 5) is 14.3. The van der Waals surface area contributed by atoms with Gasteiger partial charge in [0.05, 0.1) is 5.69 Å². The molecule has 0 atom stereocenters. The quantitative estimate of drug-likeness (QED) is 0.768. The summed E-state index contributed by atoms with van der Waals surface area (Å²) in [6.45, 7) is 2.66. The number of benzene rings is 3. The normalized spacial score (nSPS) is 13.1. The van der Waals surface area contributed by atoms with Crippen LogP contribution in [0.15, 0.2) is 54.6 Å². The molecule has 1 aliphatic heterocycles. The highest BCUT2D eigenvalue weighted by Gasteiger charge is 2.29. The van der Waals surface area contributed by atoms with Crippen molar-refractivity contribution in [1.82, 2.24) is 0 Å². The first-order valence-corrected chi connectivity index (χ1v) is 7.37. The van der Waals surface area contributed by atoms with Gasteiger partial charge in [0.25, 0.3) is 5.91 Å². The maximum Gasteiger partial charge on any atom is 0.258 e. The molecule has 0 aliphatic carbocycles. The summed E-state index contributed by atoms with van der Waals surface area (Å²) in [5.41, 5.74) is 3.87. The van der Waals surface area contributed by atoms with Gasteiger partial charge in [-0.1, -0.05) is 30.3 Å². The van der Waals surface area contributed by atoms with Gasteiger partial charge in [-0.25, -0.2) is 0 Å². The number of phenols is 1. The fourth-order valence-electron chi connectivity index (χ4n) is 3.25. The molecule has 108 valence electrons. The van der Waals surface area contributed by atoms with Gasteiger partial charge in [0.1, 0.15) is 5.75 Å². The van der Waals surface area contributed by atoms with E-state index in [1.165, 1.54) is 0 Å². The SMILES string of the molecule is CCN1C(=O)c2cccc3c(-c4ccc(O)cc4)ccc1c23. The molecule has 0 bridgehead atoms. The molecule has 3 aromatic rings. The van der Waals surface area contributed by atoms with Gasteiger partial charge < -0.3 is 10.0 Å². The van der Waals surface area contributed by atoms with E-state index in [0.717, 1.165) is 33.2 Å². The molecule has 1 N–H and O–H groups in total.